The Labute approximate surface area is 106 Å². The van der Waals surface area contributed by atoms with Gasteiger partial charge in [-0.05, 0) is 62.5 Å². The number of aryl methyl sites for hydroxylation is 1. The highest BCUT2D eigenvalue weighted by atomic mass is 35.5. The molecule has 3 rings (SSSR count). The van der Waals surface area contributed by atoms with Crippen LogP contribution < -0.4 is 5.32 Å². The first-order valence-electron chi connectivity index (χ1n) is 6.24. The summed E-state index contributed by atoms with van der Waals surface area (Å²) in [5, 5.41) is 5.55. The summed E-state index contributed by atoms with van der Waals surface area (Å²) in [4.78, 5) is 3.47. The predicted octanol–water partition coefficient (Wildman–Crippen LogP) is 3.60. The van der Waals surface area contributed by atoms with Crippen LogP contribution in [-0.2, 0) is 0 Å². The lowest BCUT2D eigenvalue weighted by atomic mass is 9.88. The molecule has 3 heteroatoms. The van der Waals surface area contributed by atoms with Gasteiger partial charge in [-0.2, -0.15) is 0 Å². The number of hydrogen-bond acceptors (Lipinski definition) is 1. The Morgan fingerprint density at radius 1 is 1.24 bits per heavy atom. The Hall–Kier alpha value is -0.990. The molecule has 17 heavy (non-hydrogen) atoms. The van der Waals surface area contributed by atoms with Gasteiger partial charge in [-0.3, -0.25) is 0 Å². The summed E-state index contributed by atoms with van der Waals surface area (Å²) < 4.78 is 0. The van der Waals surface area contributed by atoms with Crippen molar-refractivity contribution in [3.05, 3.63) is 34.5 Å². The lowest BCUT2D eigenvalue weighted by Crippen LogP contribution is -2.26. The van der Waals surface area contributed by atoms with Crippen molar-refractivity contribution in [1.82, 2.24) is 10.3 Å². The van der Waals surface area contributed by atoms with E-state index in [0.29, 0.717) is 5.92 Å². The minimum absolute atomic E-state index is 0.670. The molecule has 0 radical (unpaired) electrons. The van der Waals surface area contributed by atoms with Crippen LogP contribution in [0.4, 0.5) is 0 Å². The van der Waals surface area contributed by atoms with Gasteiger partial charge in [0.05, 0.1) is 0 Å². The Morgan fingerprint density at radius 3 is 2.76 bits per heavy atom. The molecule has 0 amide bonds. The highest BCUT2D eigenvalue weighted by Gasteiger charge is 2.20. The second kappa shape index (κ2) is 4.35. The smallest absolute Gasteiger partial charge is 0.0460 e. The van der Waals surface area contributed by atoms with E-state index in [2.05, 4.69) is 29.4 Å². The predicted molar refractivity (Wildman–Crippen MR) is 72.9 cm³/mol. The summed E-state index contributed by atoms with van der Waals surface area (Å²) in [5.74, 6) is 0.670. The zero-order valence-corrected chi connectivity index (χ0v) is 10.8. The van der Waals surface area contributed by atoms with Gasteiger partial charge in [-0.15, -0.1) is 0 Å². The third-order valence-corrected chi connectivity index (χ3v) is 3.98. The van der Waals surface area contributed by atoms with Crippen LogP contribution in [0.2, 0.25) is 5.02 Å². The van der Waals surface area contributed by atoms with E-state index in [1.54, 1.807) is 0 Å². The van der Waals surface area contributed by atoms with Gasteiger partial charge in [0, 0.05) is 21.6 Å². The van der Waals surface area contributed by atoms with Gasteiger partial charge in [-0.1, -0.05) is 11.6 Å². The zero-order valence-electron chi connectivity index (χ0n) is 10.0. The molecule has 0 atom stereocenters. The molecule has 2 nitrogen and oxygen atoms in total. The van der Waals surface area contributed by atoms with Gasteiger partial charge < -0.3 is 10.3 Å². The third kappa shape index (κ3) is 1.96. The minimum atomic E-state index is 0.670. The summed E-state index contributed by atoms with van der Waals surface area (Å²) in [5.41, 5.74) is 3.98. The van der Waals surface area contributed by atoms with Crippen LogP contribution in [0.5, 0.6) is 0 Å². The molecule has 1 aromatic heterocycles. The summed E-state index contributed by atoms with van der Waals surface area (Å²) in [6.07, 6.45) is 2.45. The maximum Gasteiger partial charge on any atom is 0.0460 e. The number of aromatic amines is 1. The van der Waals surface area contributed by atoms with Crippen LogP contribution in [-0.4, -0.2) is 18.1 Å². The van der Waals surface area contributed by atoms with Crippen LogP contribution in [0.15, 0.2) is 18.2 Å². The van der Waals surface area contributed by atoms with Gasteiger partial charge >= 0.3 is 0 Å². The number of aromatic nitrogens is 1. The van der Waals surface area contributed by atoms with Gasteiger partial charge in [0.15, 0.2) is 0 Å². The molecule has 2 heterocycles. The largest absolute Gasteiger partial charge is 0.358 e. The van der Waals surface area contributed by atoms with Crippen molar-refractivity contribution in [3.8, 4) is 0 Å². The van der Waals surface area contributed by atoms with Crippen LogP contribution in [0.25, 0.3) is 10.9 Å². The molecule has 1 aliphatic rings. The van der Waals surface area contributed by atoms with Crippen molar-refractivity contribution < 1.29 is 0 Å². The molecule has 0 aliphatic carbocycles. The Bertz CT molecular complexity index is 538. The van der Waals surface area contributed by atoms with Crippen molar-refractivity contribution in [2.45, 2.75) is 25.7 Å². The van der Waals surface area contributed by atoms with Gasteiger partial charge in [0.1, 0.15) is 0 Å². The Balaban J connectivity index is 2.13. The van der Waals surface area contributed by atoms with E-state index in [-0.39, 0.29) is 0 Å². The molecule has 1 saturated heterocycles. The molecule has 0 spiro atoms. The quantitative estimate of drug-likeness (QED) is 0.793. The average Bonchev–Trinajstić information content (AvgIpc) is 2.65. The number of hydrogen-bond donors (Lipinski definition) is 2. The molecule has 1 aliphatic heterocycles. The monoisotopic (exact) mass is 248 g/mol. The fourth-order valence-electron chi connectivity index (χ4n) is 2.96. The Kier molecular flexibility index (Phi) is 2.85. The van der Waals surface area contributed by atoms with E-state index >= 15 is 0 Å². The van der Waals surface area contributed by atoms with E-state index in [1.165, 1.54) is 35.0 Å². The molecule has 2 aromatic rings. The summed E-state index contributed by atoms with van der Waals surface area (Å²) >= 11 is 6.11. The topological polar surface area (TPSA) is 27.8 Å². The molecular formula is C14H17ClN2. The maximum atomic E-state index is 6.11. The van der Waals surface area contributed by atoms with Crippen LogP contribution in [0, 0.1) is 6.92 Å². The molecule has 0 bridgehead atoms. The van der Waals surface area contributed by atoms with E-state index < -0.39 is 0 Å². The van der Waals surface area contributed by atoms with E-state index in [4.69, 9.17) is 11.6 Å². The first-order valence-corrected chi connectivity index (χ1v) is 6.62. The molecule has 1 fully saturated rings. The fraction of sp³-hybridized carbons (Fsp3) is 0.429. The van der Waals surface area contributed by atoms with Crippen LogP contribution in [0.1, 0.15) is 30.0 Å². The number of benzene rings is 1. The van der Waals surface area contributed by atoms with E-state index in [0.717, 1.165) is 18.1 Å². The highest BCUT2D eigenvalue weighted by molar-refractivity contribution is 6.31. The zero-order chi connectivity index (χ0) is 11.8. The lowest BCUT2D eigenvalue weighted by molar-refractivity contribution is 0.461. The minimum Gasteiger partial charge on any atom is -0.358 e. The number of nitrogens with one attached hydrogen (secondary N) is 2. The summed E-state index contributed by atoms with van der Waals surface area (Å²) in [7, 11) is 0. The standard InChI is InChI=1S/C14H17ClN2/c1-9-14(10-4-6-16-7-5-10)12-8-11(15)2-3-13(12)17-9/h2-3,8,10,16-17H,4-7H2,1H3. The van der Waals surface area contributed by atoms with Gasteiger partial charge in [-0.25, -0.2) is 0 Å². The van der Waals surface area contributed by atoms with Crippen LogP contribution >= 0.6 is 11.6 Å². The van der Waals surface area contributed by atoms with Crippen molar-refractivity contribution in [2.24, 2.45) is 0 Å². The first kappa shape index (κ1) is 11.1. The second-order valence-electron chi connectivity index (χ2n) is 4.88. The average molecular weight is 249 g/mol. The molecule has 0 unspecified atom stereocenters. The molecular weight excluding hydrogens is 232 g/mol. The number of piperidine rings is 1. The number of fused-ring (bicyclic) bond motifs is 1. The van der Waals surface area contributed by atoms with Crippen molar-refractivity contribution in [1.29, 1.82) is 0 Å². The highest BCUT2D eigenvalue weighted by Crippen LogP contribution is 2.35. The molecule has 90 valence electrons. The molecule has 1 aromatic carbocycles. The molecule has 0 saturated carbocycles. The third-order valence-electron chi connectivity index (χ3n) is 3.75. The number of halogens is 1. The van der Waals surface area contributed by atoms with Crippen molar-refractivity contribution in [3.63, 3.8) is 0 Å². The maximum absolute atomic E-state index is 6.11. The summed E-state index contributed by atoms with van der Waals surface area (Å²) in [6.45, 7) is 4.42. The summed E-state index contributed by atoms with van der Waals surface area (Å²) in [6, 6.07) is 6.12. The van der Waals surface area contributed by atoms with Crippen molar-refractivity contribution in [2.75, 3.05) is 13.1 Å². The lowest BCUT2D eigenvalue weighted by Gasteiger charge is -2.23. The number of H-pyrrole nitrogens is 1. The molecule has 2 N–H and O–H groups in total. The van der Waals surface area contributed by atoms with Gasteiger partial charge in [0.2, 0.25) is 0 Å². The van der Waals surface area contributed by atoms with E-state index in [9.17, 15) is 0 Å². The normalized spacial score (nSPS) is 17.8. The fourth-order valence-corrected chi connectivity index (χ4v) is 3.13. The first-order chi connectivity index (χ1) is 8.25. The second-order valence-corrected chi connectivity index (χ2v) is 5.31. The SMILES string of the molecule is Cc1[nH]c2ccc(Cl)cc2c1C1CCNCC1. The van der Waals surface area contributed by atoms with Gasteiger partial charge in [0.25, 0.3) is 0 Å². The van der Waals surface area contributed by atoms with Crippen LogP contribution in [0.3, 0.4) is 0 Å². The number of rotatable bonds is 1. The Morgan fingerprint density at radius 2 is 2.00 bits per heavy atom. The van der Waals surface area contributed by atoms with E-state index in [1.807, 2.05) is 6.07 Å². The van der Waals surface area contributed by atoms with Crippen molar-refractivity contribution >= 4 is 22.5 Å².